The molecule has 0 bridgehead atoms. The van der Waals surface area contributed by atoms with Gasteiger partial charge in [0, 0.05) is 29.1 Å². The van der Waals surface area contributed by atoms with Gasteiger partial charge in [-0.25, -0.2) is 0 Å². The smallest absolute Gasteiger partial charge is 0.264 e. The average Bonchev–Trinajstić information content (AvgIpc) is 3.76. The highest BCUT2D eigenvalue weighted by Gasteiger charge is 2.34. The number of benzene rings is 2. The maximum absolute atomic E-state index is 13.5. The van der Waals surface area contributed by atoms with Crippen LogP contribution in [0.5, 0.6) is 0 Å². The lowest BCUT2D eigenvalue weighted by Crippen LogP contribution is -2.32. The van der Waals surface area contributed by atoms with Crippen LogP contribution in [0.15, 0.2) is 54.6 Å². The second-order valence-electron chi connectivity index (χ2n) is 9.23. The van der Waals surface area contributed by atoms with E-state index in [0.29, 0.717) is 24.2 Å². The Kier molecular flexibility index (Phi) is 4.87. The van der Waals surface area contributed by atoms with Crippen molar-refractivity contribution in [2.24, 2.45) is 0 Å². The van der Waals surface area contributed by atoms with Crippen LogP contribution in [0.1, 0.15) is 62.4 Å². The van der Waals surface area contributed by atoms with Gasteiger partial charge in [-0.05, 0) is 79.0 Å². The predicted octanol–water partition coefficient (Wildman–Crippen LogP) is 5.21. The molecule has 5 heteroatoms. The first-order valence-corrected chi connectivity index (χ1v) is 12.4. The maximum atomic E-state index is 13.5. The summed E-state index contributed by atoms with van der Waals surface area (Å²) >= 11 is 1.64. The maximum Gasteiger partial charge on any atom is 0.264 e. The molecule has 32 heavy (non-hydrogen) atoms. The molecule has 1 aromatic heterocycles. The van der Waals surface area contributed by atoms with Crippen molar-refractivity contribution in [3.63, 3.8) is 0 Å². The molecule has 0 unspecified atom stereocenters. The molecule has 4 nitrogen and oxygen atoms in total. The van der Waals surface area contributed by atoms with E-state index in [-0.39, 0.29) is 11.8 Å². The summed E-state index contributed by atoms with van der Waals surface area (Å²) in [7, 11) is 0. The van der Waals surface area contributed by atoms with Gasteiger partial charge < -0.3 is 10.2 Å². The van der Waals surface area contributed by atoms with Crippen molar-refractivity contribution in [1.29, 1.82) is 0 Å². The fourth-order valence-electron chi connectivity index (χ4n) is 4.53. The number of aryl methyl sites for hydroxylation is 2. The molecule has 0 radical (unpaired) electrons. The Bertz CT molecular complexity index is 1190. The Labute approximate surface area is 192 Å². The van der Waals surface area contributed by atoms with Crippen LogP contribution in [0, 0.1) is 0 Å². The summed E-state index contributed by atoms with van der Waals surface area (Å²) in [5, 5.41) is 3.03. The fourth-order valence-corrected chi connectivity index (χ4v) is 5.75. The molecule has 0 atom stereocenters. The van der Waals surface area contributed by atoms with Crippen LogP contribution in [0.4, 0.5) is 0 Å². The highest BCUT2D eigenvalue weighted by Crippen LogP contribution is 2.41. The van der Waals surface area contributed by atoms with Gasteiger partial charge in [0.25, 0.3) is 11.8 Å². The lowest BCUT2D eigenvalue weighted by molar-refractivity contribution is 0.0734. The van der Waals surface area contributed by atoms with Crippen LogP contribution in [0.25, 0.3) is 10.4 Å². The minimum absolute atomic E-state index is 0.00128. The first-order valence-electron chi connectivity index (χ1n) is 11.6. The van der Waals surface area contributed by atoms with Crippen molar-refractivity contribution in [1.82, 2.24) is 10.2 Å². The van der Waals surface area contributed by atoms with Gasteiger partial charge in [-0.1, -0.05) is 36.4 Å². The van der Waals surface area contributed by atoms with Crippen LogP contribution >= 0.6 is 11.3 Å². The second kappa shape index (κ2) is 7.89. The number of rotatable bonds is 6. The van der Waals surface area contributed by atoms with Crippen molar-refractivity contribution >= 4 is 23.2 Å². The number of fused-ring (bicyclic) bond motifs is 3. The monoisotopic (exact) mass is 442 g/mol. The summed E-state index contributed by atoms with van der Waals surface area (Å²) in [5.41, 5.74) is 5.73. The van der Waals surface area contributed by atoms with Crippen LogP contribution in [0.2, 0.25) is 0 Å². The fraction of sp³-hybridized carbons (Fsp3) is 0.333. The summed E-state index contributed by atoms with van der Waals surface area (Å²) in [4.78, 5) is 29.9. The molecule has 0 saturated heterocycles. The standard InChI is InChI=1S/C27H26N2O2S/c30-26(28-21-11-12-21)19-7-5-17(6-8-19)16-29(22-13-14-22)27(31)24-15-20-10-9-18-3-1-2-4-23(18)25(20)32-24/h1-8,15,21-22H,9-14,16H2,(H,28,30). The number of hydrogen-bond acceptors (Lipinski definition) is 3. The van der Waals surface area contributed by atoms with Gasteiger partial charge >= 0.3 is 0 Å². The van der Waals surface area contributed by atoms with Crippen LogP contribution in [0.3, 0.4) is 0 Å². The average molecular weight is 443 g/mol. The third-order valence-corrected chi connectivity index (χ3v) is 7.87. The Hall–Kier alpha value is -2.92. The lowest BCUT2D eigenvalue weighted by atomic mass is 9.91. The van der Waals surface area contributed by atoms with Crippen LogP contribution in [-0.2, 0) is 19.4 Å². The number of nitrogens with zero attached hydrogens (tertiary/aromatic N) is 1. The topological polar surface area (TPSA) is 49.4 Å². The first kappa shape index (κ1) is 19.7. The zero-order valence-corrected chi connectivity index (χ0v) is 18.8. The van der Waals surface area contributed by atoms with Crippen LogP contribution < -0.4 is 5.32 Å². The Morgan fingerprint density at radius 2 is 1.69 bits per heavy atom. The van der Waals surface area contributed by atoms with Gasteiger partial charge in [-0.2, -0.15) is 0 Å². The molecule has 0 aliphatic heterocycles. The molecule has 2 aromatic carbocycles. The number of nitrogens with one attached hydrogen (secondary N) is 1. The third kappa shape index (κ3) is 3.86. The van der Waals surface area contributed by atoms with E-state index >= 15 is 0 Å². The predicted molar refractivity (Wildman–Crippen MR) is 127 cm³/mol. The highest BCUT2D eigenvalue weighted by atomic mass is 32.1. The van der Waals surface area contributed by atoms with Crippen molar-refractivity contribution in [2.75, 3.05) is 0 Å². The molecule has 1 N–H and O–H groups in total. The minimum atomic E-state index is -0.00128. The zero-order chi connectivity index (χ0) is 21.7. The molecule has 0 spiro atoms. The largest absolute Gasteiger partial charge is 0.349 e. The van der Waals surface area contributed by atoms with E-state index in [2.05, 4.69) is 35.6 Å². The van der Waals surface area contributed by atoms with E-state index in [1.165, 1.54) is 21.6 Å². The Morgan fingerprint density at radius 1 is 0.938 bits per heavy atom. The van der Waals surface area contributed by atoms with Gasteiger partial charge in [0.1, 0.15) is 0 Å². The van der Waals surface area contributed by atoms with Crippen molar-refractivity contribution in [2.45, 2.75) is 57.2 Å². The molecule has 2 saturated carbocycles. The molecule has 1 heterocycles. The number of hydrogen-bond donors (Lipinski definition) is 1. The number of carbonyl (C=O) groups is 2. The van der Waals surface area contributed by atoms with Crippen molar-refractivity contribution in [3.05, 3.63) is 81.7 Å². The van der Waals surface area contributed by atoms with Gasteiger partial charge in [0.2, 0.25) is 0 Å². The zero-order valence-electron chi connectivity index (χ0n) is 18.0. The molecule has 2 amide bonds. The number of amides is 2. The summed E-state index contributed by atoms with van der Waals surface area (Å²) in [6.07, 6.45) is 6.35. The third-order valence-electron chi connectivity index (χ3n) is 6.68. The molecular weight excluding hydrogens is 416 g/mol. The summed E-state index contributed by atoms with van der Waals surface area (Å²) in [6.45, 7) is 0.590. The highest BCUT2D eigenvalue weighted by molar-refractivity contribution is 7.17. The summed E-state index contributed by atoms with van der Waals surface area (Å²) in [5.74, 6) is 0.138. The molecule has 2 fully saturated rings. The lowest BCUT2D eigenvalue weighted by Gasteiger charge is -2.22. The van der Waals surface area contributed by atoms with Gasteiger partial charge in [-0.3, -0.25) is 9.59 Å². The quantitative estimate of drug-likeness (QED) is 0.570. The van der Waals surface area contributed by atoms with Gasteiger partial charge in [-0.15, -0.1) is 11.3 Å². The minimum Gasteiger partial charge on any atom is -0.349 e. The molecule has 6 rings (SSSR count). The van der Waals surface area contributed by atoms with Crippen LogP contribution in [-0.4, -0.2) is 28.8 Å². The molecule has 3 aromatic rings. The van der Waals surface area contributed by atoms with Crippen molar-refractivity contribution in [3.8, 4) is 10.4 Å². The first-order chi connectivity index (χ1) is 15.7. The normalized spacial score (nSPS) is 16.8. The molecular formula is C27H26N2O2S. The van der Waals surface area contributed by atoms with E-state index in [1.807, 2.05) is 29.2 Å². The van der Waals surface area contributed by atoms with Gasteiger partial charge in [0.05, 0.1) is 4.88 Å². The van der Waals surface area contributed by atoms with E-state index < -0.39 is 0 Å². The Morgan fingerprint density at radius 3 is 2.44 bits per heavy atom. The van der Waals surface area contributed by atoms with E-state index in [0.717, 1.165) is 49.0 Å². The van der Waals surface area contributed by atoms with E-state index in [4.69, 9.17) is 0 Å². The second-order valence-corrected chi connectivity index (χ2v) is 10.3. The van der Waals surface area contributed by atoms with Gasteiger partial charge in [0.15, 0.2) is 0 Å². The van der Waals surface area contributed by atoms with E-state index in [9.17, 15) is 9.59 Å². The van der Waals surface area contributed by atoms with Crippen molar-refractivity contribution < 1.29 is 9.59 Å². The summed E-state index contributed by atoms with van der Waals surface area (Å²) in [6, 6.07) is 19.1. The summed E-state index contributed by atoms with van der Waals surface area (Å²) < 4.78 is 0. The number of thiophene rings is 1. The molecule has 3 aliphatic carbocycles. The molecule has 162 valence electrons. The molecule has 3 aliphatic rings. The Balaban J connectivity index is 1.21. The SMILES string of the molecule is O=C(NC1CC1)c1ccc(CN(C(=O)c2cc3c(s2)-c2ccccc2CC3)C2CC2)cc1. The number of carbonyl (C=O) groups excluding carboxylic acids is 2. The van der Waals surface area contributed by atoms with E-state index in [1.54, 1.807) is 11.3 Å².